The van der Waals surface area contributed by atoms with Gasteiger partial charge in [-0.15, -0.1) is 0 Å². The van der Waals surface area contributed by atoms with Crippen LogP contribution in [0.15, 0.2) is 22.7 Å². The van der Waals surface area contributed by atoms with Gasteiger partial charge in [0.15, 0.2) is 5.76 Å². The predicted octanol–water partition coefficient (Wildman–Crippen LogP) is 2.87. The number of nitrogens with zero attached hydrogens (tertiary/aromatic N) is 1. The van der Waals surface area contributed by atoms with E-state index in [1.165, 1.54) is 0 Å². The molecule has 0 aliphatic carbocycles. The molecule has 0 fully saturated rings. The minimum absolute atomic E-state index is 0.510. The molecule has 0 saturated heterocycles. The lowest BCUT2D eigenvalue weighted by atomic mass is 10.2. The Morgan fingerprint density at radius 3 is 2.94 bits per heavy atom. The highest BCUT2D eigenvalue weighted by molar-refractivity contribution is 5.56. The monoisotopic (exact) mass is 233 g/mol. The molecule has 4 heteroatoms. The van der Waals surface area contributed by atoms with Crippen molar-refractivity contribution in [3.05, 3.63) is 29.7 Å². The van der Waals surface area contributed by atoms with Crippen LogP contribution in [0.1, 0.15) is 31.6 Å². The third kappa shape index (κ3) is 2.77. The van der Waals surface area contributed by atoms with Gasteiger partial charge in [-0.1, -0.05) is 6.92 Å². The summed E-state index contributed by atoms with van der Waals surface area (Å²) < 4.78 is 5.60. The first kappa shape index (κ1) is 11.9. The Bertz CT molecular complexity index is 472. The number of furan rings is 1. The van der Waals surface area contributed by atoms with Gasteiger partial charge in [-0.05, 0) is 32.4 Å². The Morgan fingerprint density at radius 2 is 2.29 bits per heavy atom. The highest BCUT2D eigenvalue weighted by Gasteiger charge is 2.11. The van der Waals surface area contributed by atoms with Crippen molar-refractivity contribution in [2.45, 2.75) is 39.8 Å². The molecule has 0 spiro atoms. The first-order valence-corrected chi connectivity index (χ1v) is 6.03. The summed E-state index contributed by atoms with van der Waals surface area (Å²) in [6.07, 6.45) is 2.97. The van der Waals surface area contributed by atoms with Gasteiger partial charge in [-0.3, -0.25) is 5.10 Å². The molecule has 1 atom stereocenters. The summed E-state index contributed by atoms with van der Waals surface area (Å²) in [6, 6.07) is 4.44. The Balaban J connectivity index is 2.12. The highest BCUT2D eigenvalue weighted by atomic mass is 16.3. The van der Waals surface area contributed by atoms with E-state index in [9.17, 15) is 0 Å². The second-order valence-corrected chi connectivity index (χ2v) is 4.37. The quantitative estimate of drug-likeness (QED) is 0.835. The molecule has 0 aliphatic rings. The van der Waals surface area contributed by atoms with E-state index in [0.717, 1.165) is 35.7 Å². The van der Waals surface area contributed by atoms with E-state index in [4.69, 9.17) is 4.42 Å². The van der Waals surface area contributed by atoms with Crippen molar-refractivity contribution in [3.63, 3.8) is 0 Å². The number of H-pyrrole nitrogens is 1. The second kappa shape index (κ2) is 5.19. The van der Waals surface area contributed by atoms with Crippen molar-refractivity contribution in [2.24, 2.45) is 0 Å². The lowest BCUT2D eigenvalue weighted by Gasteiger charge is -2.10. The van der Waals surface area contributed by atoms with E-state index < -0.39 is 0 Å². The number of hydrogen-bond acceptors (Lipinski definition) is 3. The van der Waals surface area contributed by atoms with Gasteiger partial charge in [0.1, 0.15) is 11.5 Å². The smallest absolute Gasteiger partial charge is 0.152 e. The molecule has 17 heavy (non-hydrogen) atoms. The zero-order chi connectivity index (χ0) is 12.3. The Hall–Kier alpha value is -1.55. The van der Waals surface area contributed by atoms with E-state index in [2.05, 4.69) is 29.4 Å². The summed E-state index contributed by atoms with van der Waals surface area (Å²) in [5.41, 5.74) is 2.11. The van der Waals surface area contributed by atoms with Crippen molar-refractivity contribution in [3.8, 4) is 11.5 Å². The maximum Gasteiger partial charge on any atom is 0.152 e. The van der Waals surface area contributed by atoms with Crippen molar-refractivity contribution in [1.82, 2.24) is 15.5 Å². The largest absolute Gasteiger partial charge is 0.460 e. The molecule has 0 saturated carbocycles. The third-order valence-electron chi connectivity index (χ3n) is 2.96. The molecule has 92 valence electrons. The molecule has 2 aromatic heterocycles. The van der Waals surface area contributed by atoms with Crippen LogP contribution in [-0.2, 0) is 6.54 Å². The average Bonchev–Trinajstić information content (AvgIpc) is 2.93. The van der Waals surface area contributed by atoms with Crippen LogP contribution in [0, 0.1) is 6.92 Å². The van der Waals surface area contributed by atoms with Crippen LogP contribution in [0.4, 0.5) is 0 Å². The van der Waals surface area contributed by atoms with E-state index in [1.54, 1.807) is 0 Å². The second-order valence-electron chi connectivity index (χ2n) is 4.37. The minimum Gasteiger partial charge on any atom is -0.460 e. The molecule has 0 amide bonds. The lowest BCUT2D eigenvalue weighted by molar-refractivity contribution is 0.529. The van der Waals surface area contributed by atoms with Crippen LogP contribution < -0.4 is 5.32 Å². The Kier molecular flexibility index (Phi) is 3.64. The molecule has 0 aromatic carbocycles. The maximum atomic E-state index is 5.60. The number of hydrogen-bond donors (Lipinski definition) is 2. The molecule has 0 aliphatic heterocycles. The van der Waals surface area contributed by atoms with Crippen LogP contribution in [-0.4, -0.2) is 16.2 Å². The highest BCUT2D eigenvalue weighted by Crippen LogP contribution is 2.23. The normalized spacial score (nSPS) is 12.9. The molecule has 0 bridgehead atoms. The van der Waals surface area contributed by atoms with Crippen LogP contribution >= 0.6 is 0 Å². The SMILES string of the molecule is CCC(C)NCc1cn[nH]c1-c1ccc(C)o1. The third-order valence-corrected chi connectivity index (χ3v) is 2.96. The summed E-state index contributed by atoms with van der Waals surface area (Å²) in [7, 11) is 0. The minimum atomic E-state index is 0.510. The van der Waals surface area contributed by atoms with E-state index in [0.29, 0.717) is 6.04 Å². The van der Waals surface area contributed by atoms with Crippen molar-refractivity contribution in [2.75, 3.05) is 0 Å². The lowest BCUT2D eigenvalue weighted by Crippen LogP contribution is -2.24. The number of aromatic amines is 1. The zero-order valence-corrected chi connectivity index (χ0v) is 10.6. The van der Waals surface area contributed by atoms with Gasteiger partial charge in [0, 0.05) is 18.2 Å². The van der Waals surface area contributed by atoms with Crippen LogP contribution in [0.5, 0.6) is 0 Å². The van der Waals surface area contributed by atoms with Gasteiger partial charge in [-0.25, -0.2) is 0 Å². The fraction of sp³-hybridized carbons (Fsp3) is 0.462. The Labute approximate surface area is 101 Å². The topological polar surface area (TPSA) is 53.9 Å². The van der Waals surface area contributed by atoms with E-state index in [-0.39, 0.29) is 0 Å². The van der Waals surface area contributed by atoms with Gasteiger partial charge in [0.25, 0.3) is 0 Å². The summed E-state index contributed by atoms with van der Waals surface area (Å²) in [6.45, 7) is 7.10. The standard InChI is InChI=1S/C13H19N3O/c1-4-9(2)14-7-11-8-15-16-13(11)12-6-5-10(3)17-12/h5-6,8-9,14H,4,7H2,1-3H3,(H,15,16). The summed E-state index contributed by atoms with van der Waals surface area (Å²) in [5, 5.41) is 10.5. The molecule has 4 nitrogen and oxygen atoms in total. The van der Waals surface area contributed by atoms with Crippen molar-refractivity contribution >= 4 is 0 Å². The fourth-order valence-corrected chi connectivity index (χ4v) is 1.66. The molecule has 0 radical (unpaired) electrons. The van der Waals surface area contributed by atoms with Gasteiger partial charge in [0.05, 0.1) is 6.20 Å². The number of aromatic nitrogens is 2. The van der Waals surface area contributed by atoms with Crippen LogP contribution in [0.25, 0.3) is 11.5 Å². The molecule has 2 rings (SSSR count). The van der Waals surface area contributed by atoms with E-state index >= 15 is 0 Å². The van der Waals surface area contributed by atoms with Gasteiger partial charge < -0.3 is 9.73 Å². The molecule has 2 heterocycles. The summed E-state index contributed by atoms with van der Waals surface area (Å²) in [5.74, 6) is 1.76. The Morgan fingerprint density at radius 1 is 1.47 bits per heavy atom. The molecule has 2 N–H and O–H groups in total. The molecular weight excluding hydrogens is 214 g/mol. The number of rotatable bonds is 5. The molecular formula is C13H19N3O. The summed E-state index contributed by atoms with van der Waals surface area (Å²) in [4.78, 5) is 0. The molecule has 2 aromatic rings. The van der Waals surface area contributed by atoms with Gasteiger partial charge in [0.2, 0.25) is 0 Å². The summed E-state index contributed by atoms with van der Waals surface area (Å²) >= 11 is 0. The maximum absolute atomic E-state index is 5.60. The zero-order valence-electron chi connectivity index (χ0n) is 10.6. The average molecular weight is 233 g/mol. The first-order valence-electron chi connectivity index (χ1n) is 6.03. The van der Waals surface area contributed by atoms with Crippen LogP contribution in [0.2, 0.25) is 0 Å². The first-order chi connectivity index (χ1) is 8.20. The number of aryl methyl sites for hydroxylation is 1. The van der Waals surface area contributed by atoms with Crippen molar-refractivity contribution in [1.29, 1.82) is 0 Å². The van der Waals surface area contributed by atoms with Gasteiger partial charge >= 0.3 is 0 Å². The van der Waals surface area contributed by atoms with Gasteiger partial charge in [-0.2, -0.15) is 5.10 Å². The number of nitrogens with one attached hydrogen (secondary N) is 2. The molecule has 1 unspecified atom stereocenters. The van der Waals surface area contributed by atoms with Crippen LogP contribution in [0.3, 0.4) is 0 Å². The fourth-order valence-electron chi connectivity index (χ4n) is 1.66. The van der Waals surface area contributed by atoms with E-state index in [1.807, 2.05) is 25.3 Å². The van der Waals surface area contributed by atoms with Crippen molar-refractivity contribution < 1.29 is 4.42 Å². The predicted molar refractivity (Wildman–Crippen MR) is 67.6 cm³/mol.